The zero-order chi connectivity index (χ0) is 19.6. The predicted octanol–water partition coefficient (Wildman–Crippen LogP) is 3.55. The van der Waals surface area contributed by atoms with Crippen molar-refractivity contribution >= 4 is 40.9 Å². The van der Waals surface area contributed by atoms with Crippen LogP contribution < -0.4 is 0 Å². The number of esters is 2. The number of Topliss-reactive ketones (excluding diaryl/α,β-unsaturated/α-hetero) is 1. The molecule has 0 amide bonds. The van der Waals surface area contributed by atoms with E-state index in [1.807, 2.05) is 0 Å². The smallest absolute Gasteiger partial charge is 0.340 e. The van der Waals surface area contributed by atoms with Crippen molar-refractivity contribution in [3.05, 3.63) is 50.5 Å². The molecule has 0 aromatic carbocycles. The molecule has 2 aromatic rings. The van der Waals surface area contributed by atoms with E-state index in [1.165, 1.54) is 26.3 Å². The molecule has 0 aliphatic carbocycles. The zero-order valence-corrected chi connectivity index (χ0v) is 16.0. The monoisotopic (exact) mass is 398 g/mol. The van der Waals surface area contributed by atoms with Gasteiger partial charge in [0.2, 0.25) is 5.78 Å². The average Bonchev–Trinajstić information content (AvgIpc) is 2.90. The van der Waals surface area contributed by atoms with Crippen LogP contribution in [0.1, 0.15) is 49.4 Å². The van der Waals surface area contributed by atoms with Crippen LogP contribution in [0.4, 0.5) is 0 Å². The van der Waals surface area contributed by atoms with Gasteiger partial charge in [-0.2, -0.15) is 0 Å². The van der Waals surface area contributed by atoms with Crippen molar-refractivity contribution in [2.45, 2.75) is 26.9 Å². The number of aromatic nitrogens is 2. The van der Waals surface area contributed by atoms with Gasteiger partial charge in [0.15, 0.2) is 6.10 Å². The van der Waals surface area contributed by atoms with Gasteiger partial charge in [0, 0.05) is 11.9 Å². The van der Waals surface area contributed by atoms with Gasteiger partial charge < -0.3 is 14.5 Å². The highest BCUT2D eigenvalue weighted by molar-refractivity contribution is 6.41. The Morgan fingerprint density at radius 3 is 2.42 bits per heavy atom. The average molecular weight is 399 g/mol. The number of carbonyl (C=O) groups excluding carboxylic acids is 3. The Morgan fingerprint density at radius 2 is 1.85 bits per heavy atom. The second-order valence-corrected chi connectivity index (χ2v) is 6.29. The van der Waals surface area contributed by atoms with Gasteiger partial charge in [-0.3, -0.25) is 4.79 Å². The number of ketones is 1. The van der Waals surface area contributed by atoms with Gasteiger partial charge in [-0.05, 0) is 32.4 Å². The molecular weight excluding hydrogens is 383 g/mol. The van der Waals surface area contributed by atoms with Gasteiger partial charge in [-0.25, -0.2) is 14.6 Å². The predicted molar refractivity (Wildman–Crippen MR) is 95.1 cm³/mol. The minimum absolute atomic E-state index is 0.0557. The first-order chi connectivity index (χ1) is 12.2. The number of ether oxygens (including phenoxy) is 2. The third kappa shape index (κ3) is 3.89. The van der Waals surface area contributed by atoms with Crippen LogP contribution in [-0.4, -0.2) is 40.9 Å². The van der Waals surface area contributed by atoms with E-state index in [2.05, 4.69) is 9.97 Å². The molecule has 9 heteroatoms. The van der Waals surface area contributed by atoms with Crippen LogP contribution in [0, 0.1) is 13.8 Å². The van der Waals surface area contributed by atoms with Crippen LogP contribution in [0.3, 0.4) is 0 Å². The van der Waals surface area contributed by atoms with E-state index >= 15 is 0 Å². The van der Waals surface area contributed by atoms with Crippen molar-refractivity contribution < 1.29 is 23.9 Å². The standard InChI is InChI=1S/C17H16Cl2N2O5/c1-7-12(17(24)25-4)8(2)21-13(7)14(22)9(3)26-16(23)10-5-11(18)15(19)20-6-10/h5-6,9,21H,1-4H3/t9-/m1/s1. The first-order valence-corrected chi connectivity index (χ1v) is 8.26. The van der Waals surface area contributed by atoms with E-state index in [1.54, 1.807) is 13.8 Å². The first kappa shape index (κ1) is 19.9. The molecule has 1 atom stereocenters. The Labute approximate surface area is 159 Å². The summed E-state index contributed by atoms with van der Waals surface area (Å²) in [5.41, 5.74) is 1.44. The molecule has 1 N–H and O–H groups in total. The molecule has 26 heavy (non-hydrogen) atoms. The second kappa shape index (κ2) is 7.88. The maximum Gasteiger partial charge on any atom is 0.340 e. The van der Waals surface area contributed by atoms with Crippen LogP contribution >= 0.6 is 23.2 Å². The van der Waals surface area contributed by atoms with Crippen LogP contribution in [0.15, 0.2) is 12.3 Å². The minimum atomic E-state index is -1.10. The molecule has 0 saturated heterocycles. The van der Waals surface area contributed by atoms with Gasteiger partial charge in [-0.1, -0.05) is 23.2 Å². The van der Waals surface area contributed by atoms with E-state index in [0.717, 1.165) is 0 Å². The SMILES string of the molecule is COC(=O)c1c(C)[nH]c(C(=O)[C@@H](C)OC(=O)c2cnc(Cl)c(Cl)c2)c1C. The number of nitrogens with one attached hydrogen (secondary N) is 1. The molecule has 0 aliphatic heterocycles. The van der Waals surface area contributed by atoms with Crippen LogP contribution in [0.5, 0.6) is 0 Å². The van der Waals surface area contributed by atoms with Crippen LogP contribution in [0.25, 0.3) is 0 Å². The molecule has 138 valence electrons. The van der Waals surface area contributed by atoms with E-state index in [0.29, 0.717) is 11.3 Å². The molecule has 0 bridgehead atoms. The molecule has 2 heterocycles. The molecule has 0 saturated carbocycles. The Hall–Kier alpha value is -2.38. The number of methoxy groups -OCH3 is 1. The maximum absolute atomic E-state index is 12.6. The summed E-state index contributed by atoms with van der Waals surface area (Å²) in [5.74, 6) is -1.81. The number of rotatable bonds is 5. The summed E-state index contributed by atoms with van der Waals surface area (Å²) in [4.78, 5) is 43.2. The summed E-state index contributed by atoms with van der Waals surface area (Å²) in [7, 11) is 1.26. The van der Waals surface area contributed by atoms with E-state index in [9.17, 15) is 14.4 Å². The van der Waals surface area contributed by atoms with Crippen molar-refractivity contribution in [2.24, 2.45) is 0 Å². The maximum atomic E-state index is 12.6. The minimum Gasteiger partial charge on any atom is -0.465 e. The zero-order valence-electron chi connectivity index (χ0n) is 14.5. The molecule has 2 aromatic heterocycles. The van der Waals surface area contributed by atoms with E-state index in [4.69, 9.17) is 32.7 Å². The number of carbonyl (C=O) groups is 3. The van der Waals surface area contributed by atoms with Gasteiger partial charge in [0.05, 0.1) is 29.0 Å². The largest absolute Gasteiger partial charge is 0.465 e. The lowest BCUT2D eigenvalue weighted by Gasteiger charge is -2.12. The fraction of sp³-hybridized carbons (Fsp3) is 0.294. The van der Waals surface area contributed by atoms with Gasteiger partial charge >= 0.3 is 11.9 Å². The number of pyridine rings is 1. The van der Waals surface area contributed by atoms with Crippen molar-refractivity contribution in [1.82, 2.24) is 9.97 Å². The molecule has 2 rings (SSSR count). The van der Waals surface area contributed by atoms with E-state index < -0.39 is 23.8 Å². The lowest BCUT2D eigenvalue weighted by atomic mass is 10.1. The fourth-order valence-electron chi connectivity index (χ4n) is 2.42. The van der Waals surface area contributed by atoms with Crippen molar-refractivity contribution in [3.8, 4) is 0 Å². The molecule has 0 fully saturated rings. The molecule has 0 unspecified atom stereocenters. The van der Waals surface area contributed by atoms with Crippen molar-refractivity contribution in [1.29, 1.82) is 0 Å². The molecule has 7 nitrogen and oxygen atoms in total. The summed E-state index contributed by atoms with van der Waals surface area (Å²) in [6.45, 7) is 4.69. The van der Waals surface area contributed by atoms with Crippen molar-refractivity contribution in [3.63, 3.8) is 0 Å². The molecule has 0 radical (unpaired) electrons. The van der Waals surface area contributed by atoms with E-state index in [-0.39, 0.29) is 27.0 Å². The summed E-state index contributed by atoms with van der Waals surface area (Å²) in [6.07, 6.45) is 0.104. The fourth-order valence-corrected chi connectivity index (χ4v) is 2.69. The number of nitrogens with zero attached hydrogens (tertiary/aromatic N) is 1. The topological polar surface area (TPSA) is 98.4 Å². The molecule has 0 spiro atoms. The number of H-pyrrole nitrogens is 1. The number of hydrogen-bond acceptors (Lipinski definition) is 6. The lowest BCUT2D eigenvalue weighted by Crippen LogP contribution is -2.25. The van der Waals surface area contributed by atoms with Crippen molar-refractivity contribution in [2.75, 3.05) is 7.11 Å². The van der Waals surface area contributed by atoms with Gasteiger partial charge in [0.25, 0.3) is 0 Å². The number of aromatic amines is 1. The van der Waals surface area contributed by atoms with Crippen LogP contribution in [-0.2, 0) is 9.47 Å². The first-order valence-electron chi connectivity index (χ1n) is 7.51. The Kier molecular flexibility index (Phi) is 6.05. The Bertz CT molecular complexity index is 892. The summed E-state index contributed by atoms with van der Waals surface area (Å²) in [5, 5.41) is 0.152. The number of halogens is 2. The summed E-state index contributed by atoms with van der Waals surface area (Å²) >= 11 is 11.5. The molecule has 0 aliphatic rings. The van der Waals surface area contributed by atoms with Gasteiger partial charge in [0.1, 0.15) is 5.15 Å². The highest BCUT2D eigenvalue weighted by atomic mass is 35.5. The number of aryl methyl sites for hydroxylation is 1. The third-order valence-corrected chi connectivity index (χ3v) is 4.44. The molecular formula is C17H16Cl2N2O5. The third-order valence-electron chi connectivity index (χ3n) is 3.76. The van der Waals surface area contributed by atoms with Gasteiger partial charge in [-0.15, -0.1) is 0 Å². The second-order valence-electron chi connectivity index (χ2n) is 5.52. The quantitative estimate of drug-likeness (QED) is 0.469. The Morgan fingerprint density at radius 1 is 1.19 bits per heavy atom. The number of hydrogen-bond donors (Lipinski definition) is 1. The lowest BCUT2D eigenvalue weighted by molar-refractivity contribution is 0.0316. The highest BCUT2D eigenvalue weighted by Gasteiger charge is 2.27. The van der Waals surface area contributed by atoms with Crippen LogP contribution in [0.2, 0.25) is 10.2 Å². The Balaban J connectivity index is 2.21. The summed E-state index contributed by atoms with van der Waals surface area (Å²) in [6, 6.07) is 1.30. The normalized spacial score (nSPS) is 11.8. The summed E-state index contributed by atoms with van der Waals surface area (Å²) < 4.78 is 9.88. The highest BCUT2D eigenvalue weighted by Crippen LogP contribution is 2.22.